The molecule has 0 spiro atoms. The molecule has 1 atom stereocenters. The van der Waals surface area contributed by atoms with Gasteiger partial charge in [0.2, 0.25) is 0 Å². The second kappa shape index (κ2) is 8.36. The lowest BCUT2D eigenvalue weighted by Gasteiger charge is -2.19. The van der Waals surface area contributed by atoms with Crippen molar-refractivity contribution in [1.29, 1.82) is 0 Å². The van der Waals surface area contributed by atoms with E-state index in [2.05, 4.69) is 15.1 Å². The Morgan fingerprint density at radius 1 is 1.31 bits per heavy atom. The summed E-state index contributed by atoms with van der Waals surface area (Å²) in [4.78, 5) is 31.0. The summed E-state index contributed by atoms with van der Waals surface area (Å²) in [5, 5.41) is 6.41. The highest BCUT2D eigenvalue weighted by molar-refractivity contribution is 7.99. The molecule has 0 bridgehead atoms. The number of amides is 1. The predicted octanol–water partition coefficient (Wildman–Crippen LogP) is 2.84. The van der Waals surface area contributed by atoms with Crippen LogP contribution in [0.1, 0.15) is 23.8 Å². The number of benzene rings is 1. The molecule has 0 radical (unpaired) electrons. The molecule has 1 aliphatic heterocycles. The fourth-order valence-corrected chi connectivity index (χ4v) is 3.72. The number of ether oxygens (including phenoxy) is 1. The van der Waals surface area contributed by atoms with Gasteiger partial charge in [-0.25, -0.2) is 9.99 Å². The Bertz CT molecular complexity index is 1080. The molecule has 29 heavy (non-hydrogen) atoms. The maximum atomic E-state index is 12.9. The van der Waals surface area contributed by atoms with Gasteiger partial charge >= 0.3 is 0 Å². The Morgan fingerprint density at radius 3 is 2.83 bits per heavy atom. The van der Waals surface area contributed by atoms with Crippen LogP contribution in [0.25, 0.3) is 0 Å². The van der Waals surface area contributed by atoms with Gasteiger partial charge in [-0.3, -0.25) is 9.59 Å². The number of thioether (sulfide) groups is 1. The monoisotopic (exact) mass is 410 g/mol. The van der Waals surface area contributed by atoms with E-state index in [0.717, 1.165) is 28.8 Å². The first-order valence-electron chi connectivity index (χ1n) is 8.89. The van der Waals surface area contributed by atoms with E-state index in [-0.39, 0.29) is 23.3 Å². The lowest BCUT2D eigenvalue weighted by Crippen LogP contribution is -2.28. The van der Waals surface area contributed by atoms with Gasteiger partial charge in [0.25, 0.3) is 11.5 Å². The number of carbonyl (C=O) groups is 1. The summed E-state index contributed by atoms with van der Waals surface area (Å²) >= 11 is 1.16. The number of methoxy groups -OCH3 is 1. The molecule has 4 rings (SSSR count). The predicted molar refractivity (Wildman–Crippen MR) is 108 cm³/mol. The zero-order valence-corrected chi connectivity index (χ0v) is 16.4. The number of furan rings is 1. The van der Waals surface area contributed by atoms with Gasteiger partial charge < -0.3 is 14.1 Å². The average Bonchev–Trinajstić information content (AvgIpc) is 3.42. The highest BCUT2D eigenvalue weighted by atomic mass is 32.2. The Morgan fingerprint density at radius 2 is 2.14 bits per heavy atom. The van der Waals surface area contributed by atoms with Crippen LogP contribution in [-0.4, -0.2) is 39.5 Å². The molecule has 9 heteroatoms. The van der Waals surface area contributed by atoms with Crippen LogP contribution in [0.2, 0.25) is 0 Å². The second-order valence-corrected chi connectivity index (χ2v) is 7.24. The topological polar surface area (TPSA) is 101 Å². The maximum absolute atomic E-state index is 12.9. The molecule has 1 N–H and O–H groups in total. The summed E-state index contributed by atoms with van der Waals surface area (Å²) in [5.41, 5.74) is 1.45. The molecule has 0 saturated carbocycles. The molecule has 2 aromatic heterocycles. The van der Waals surface area contributed by atoms with E-state index in [1.54, 1.807) is 19.4 Å². The number of hydrogen-bond acceptors (Lipinski definition) is 7. The highest BCUT2D eigenvalue weighted by Crippen LogP contribution is 2.34. The molecule has 3 heterocycles. The summed E-state index contributed by atoms with van der Waals surface area (Å²) in [6, 6.07) is 12.2. The van der Waals surface area contributed by atoms with Crippen LogP contribution < -0.4 is 10.3 Å². The van der Waals surface area contributed by atoms with E-state index >= 15 is 0 Å². The molecule has 8 nitrogen and oxygen atoms in total. The van der Waals surface area contributed by atoms with Crippen LogP contribution in [0, 0.1) is 0 Å². The van der Waals surface area contributed by atoms with Gasteiger partial charge in [0.05, 0.1) is 24.8 Å². The van der Waals surface area contributed by atoms with Crippen LogP contribution in [0.5, 0.6) is 5.75 Å². The van der Waals surface area contributed by atoms with Crippen molar-refractivity contribution < 1.29 is 13.9 Å². The fraction of sp³-hybridized carbons (Fsp3) is 0.200. The van der Waals surface area contributed by atoms with E-state index in [1.807, 2.05) is 30.3 Å². The molecular weight excluding hydrogens is 392 g/mol. The van der Waals surface area contributed by atoms with Crippen molar-refractivity contribution in [2.75, 3.05) is 12.9 Å². The molecule has 0 unspecified atom stereocenters. The zero-order chi connectivity index (χ0) is 20.2. The van der Waals surface area contributed by atoms with Gasteiger partial charge in [-0.2, -0.15) is 5.10 Å². The minimum atomic E-state index is -0.321. The zero-order valence-electron chi connectivity index (χ0n) is 15.6. The lowest BCUT2D eigenvalue weighted by molar-refractivity contribution is -0.130. The normalized spacial score (nSPS) is 16.0. The largest absolute Gasteiger partial charge is 0.497 e. The van der Waals surface area contributed by atoms with Gasteiger partial charge in [0, 0.05) is 18.7 Å². The van der Waals surface area contributed by atoms with Crippen molar-refractivity contribution in [2.24, 2.45) is 5.10 Å². The molecule has 1 aliphatic rings. The fourth-order valence-electron chi connectivity index (χ4n) is 3.02. The Hall–Kier alpha value is -3.33. The van der Waals surface area contributed by atoms with E-state index in [0.29, 0.717) is 17.3 Å². The summed E-state index contributed by atoms with van der Waals surface area (Å²) in [6.45, 7) is 0. The van der Waals surface area contributed by atoms with E-state index < -0.39 is 0 Å². The highest BCUT2D eigenvalue weighted by Gasteiger charge is 2.34. The molecule has 1 amide bonds. The average molecular weight is 410 g/mol. The third kappa shape index (κ3) is 4.24. The third-order valence-corrected chi connectivity index (χ3v) is 5.31. The molecule has 1 aromatic carbocycles. The Labute approximate surface area is 170 Å². The van der Waals surface area contributed by atoms with Gasteiger partial charge in [-0.1, -0.05) is 11.8 Å². The first-order chi connectivity index (χ1) is 14.1. The van der Waals surface area contributed by atoms with Crippen molar-refractivity contribution in [3.8, 4) is 5.75 Å². The standard InChI is InChI=1S/C20H18N4O4S/c1-27-14-6-4-13(5-7-14)15-11-16(17-3-2-10-28-17)24(23-15)19(26)12-29-20-21-9-8-18(25)22-20/h2-10,16H,11-12H2,1H3,(H,21,22,25)/t16-/m0/s1. The number of hydrogen-bond donors (Lipinski definition) is 1. The number of nitrogens with one attached hydrogen (secondary N) is 1. The van der Waals surface area contributed by atoms with Crippen molar-refractivity contribution in [2.45, 2.75) is 17.6 Å². The van der Waals surface area contributed by atoms with Crippen LogP contribution >= 0.6 is 11.8 Å². The molecule has 0 aliphatic carbocycles. The SMILES string of the molecule is COc1ccc(C2=NN(C(=O)CSc3nccc(=O)[nH]3)[C@H](c3ccco3)C2)cc1. The van der Waals surface area contributed by atoms with Crippen molar-refractivity contribution in [3.05, 3.63) is 76.6 Å². The van der Waals surface area contributed by atoms with Crippen LogP contribution in [0.15, 0.2) is 74.4 Å². The Kier molecular flexibility index (Phi) is 5.48. The van der Waals surface area contributed by atoms with E-state index in [1.165, 1.54) is 17.3 Å². The van der Waals surface area contributed by atoms with E-state index in [9.17, 15) is 9.59 Å². The Balaban J connectivity index is 1.55. The molecular formula is C20H18N4O4S. The number of H-pyrrole nitrogens is 1. The molecule has 148 valence electrons. The van der Waals surface area contributed by atoms with Gasteiger partial charge in [0.1, 0.15) is 17.6 Å². The summed E-state index contributed by atoms with van der Waals surface area (Å²) in [7, 11) is 1.61. The number of nitrogens with zero attached hydrogens (tertiary/aromatic N) is 3. The van der Waals surface area contributed by atoms with Gasteiger partial charge in [-0.15, -0.1) is 0 Å². The number of aromatic amines is 1. The number of aromatic nitrogens is 2. The van der Waals surface area contributed by atoms with Gasteiger partial charge in [0.15, 0.2) is 5.16 Å². The van der Waals surface area contributed by atoms with Crippen LogP contribution in [0.4, 0.5) is 0 Å². The molecule has 0 fully saturated rings. The summed E-state index contributed by atoms with van der Waals surface area (Å²) in [6.07, 6.45) is 3.53. The minimum Gasteiger partial charge on any atom is -0.497 e. The van der Waals surface area contributed by atoms with Crippen molar-refractivity contribution >= 4 is 23.4 Å². The quantitative estimate of drug-likeness (QED) is 0.495. The number of hydrazone groups is 1. The maximum Gasteiger partial charge on any atom is 0.253 e. The smallest absolute Gasteiger partial charge is 0.253 e. The minimum absolute atomic E-state index is 0.0869. The van der Waals surface area contributed by atoms with Gasteiger partial charge in [-0.05, 0) is 42.0 Å². The summed E-state index contributed by atoms with van der Waals surface area (Å²) < 4.78 is 10.7. The van der Waals surface area contributed by atoms with Crippen molar-refractivity contribution in [3.63, 3.8) is 0 Å². The first kappa shape index (κ1) is 19.0. The number of rotatable bonds is 6. The van der Waals surface area contributed by atoms with Crippen LogP contribution in [0.3, 0.4) is 0 Å². The number of carbonyl (C=O) groups excluding carboxylic acids is 1. The molecule has 3 aromatic rings. The summed E-state index contributed by atoms with van der Waals surface area (Å²) in [5.74, 6) is 1.31. The van der Waals surface area contributed by atoms with Crippen LogP contribution in [-0.2, 0) is 4.79 Å². The lowest BCUT2D eigenvalue weighted by atomic mass is 10.0. The second-order valence-electron chi connectivity index (χ2n) is 6.28. The van der Waals surface area contributed by atoms with Crippen molar-refractivity contribution in [1.82, 2.24) is 15.0 Å². The van der Waals surface area contributed by atoms with E-state index in [4.69, 9.17) is 9.15 Å². The first-order valence-corrected chi connectivity index (χ1v) is 9.88. The third-order valence-electron chi connectivity index (χ3n) is 4.44. The molecule has 0 saturated heterocycles.